The molecule has 0 saturated carbocycles. The van der Waals surface area contributed by atoms with Crippen LogP contribution in [0.2, 0.25) is 0 Å². The normalized spacial score (nSPS) is 14.2. The number of rotatable bonds is 5. The zero-order valence-corrected chi connectivity index (χ0v) is 9.39. The number of hydrogen-bond donors (Lipinski definition) is 3. The molecule has 16 heavy (non-hydrogen) atoms. The molecule has 0 fully saturated rings. The third-order valence-corrected chi connectivity index (χ3v) is 2.21. The van der Waals surface area contributed by atoms with Crippen LogP contribution in [0.15, 0.2) is 30.3 Å². The lowest BCUT2D eigenvalue weighted by Gasteiger charge is -2.13. The average molecular weight is 222 g/mol. The fourth-order valence-electron chi connectivity index (χ4n) is 1.34. The molecule has 0 bridgehead atoms. The van der Waals surface area contributed by atoms with Gasteiger partial charge in [-0.2, -0.15) is 0 Å². The van der Waals surface area contributed by atoms with Gasteiger partial charge < -0.3 is 16.2 Å². The van der Waals surface area contributed by atoms with Gasteiger partial charge in [-0.15, -0.1) is 0 Å². The number of benzene rings is 1. The smallest absolute Gasteiger partial charge is 0.237 e. The first-order chi connectivity index (χ1) is 7.59. The molecule has 1 aromatic rings. The number of nitrogens with two attached hydrogens (primary N) is 1. The van der Waals surface area contributed by atoms with E-state index < -0.39 is 12.1 Å². The molecule has 2 unspecified atom stereocenters. The molecule has 0 aliphatic heterocycles. The van der Waals surface area contributed by atoms with Gasteiger partial charge in [-0.1, -0.05) is 30.3 Å². The van der Waals surface area contributed by atoms with Crippen molar-refractivity contribution in [2.24, 2.45) is 5.73 Å². The van der Waals surface area contributed by atoms with E-state index in [4.69, 9.17) is 10.8 Å². The molecule has 0 spiro atoms. The first-order valence-electron chi connectivity index (χ1n) is 5.35. The summed E-state index contributed by atoms with van der Waals surface area (Å²) < 4.78 is 0. The highest BCUT2D eigenvalue weighted by molar-refractivity contribution is 5.81. The first kappa shape index (κ1) is 12.7. The molecule has 4 heteroatoms. The number of aliphatic hydroxyl groups excluding tert-OH is 1. The molecule has 0 saturated heterocycles. The first-order valence-corrected chi connectivity index (χ1v) is 5.35. The van der Waals surface area contributed by atoms with Gasteiger partial charge in [0.15, 0.2) is 0 Å². The van der Waals surface area contributed by atoms with Crippen LogP contribution in [-0.4, -0.2) is 29.7 Å². The van der Waals surface area contributed by atoms with Crippen molar-refractivity contribution in [1.82, 2.24) is 5.32 Å². The van der Waals surface area contributed by atoms with Crippen LogP contribution >= 0.6 is 0 Å². The van der Waals surface area contributed by atoms with Gasteiger partial charge in [-0.05, 0) is 18.9 Å². The van der Waals surface area contributed by atoms with Crippen molar-refractivity contribution in [2.75, 3.05) is 6.54 Å². The van der Waals surface area contributed by atoms with Gasteiger partial charge in [0.25, 0.3) is 0 Å². The van der Waals surface area contributed by atoms with Gasteiger partial charge in [0.05, 0.1) is 12.1 Å². The van der Waals surface area contributed by atoms with E-state index >= 15 is 0 Å². The lowest BCUT2D eigenvalue weighted by atomic mass is 10.1. The summed E-state index contributed by atoms with van der Waals surface area (Å²) in [6.45, 7) is 1.85. The SMILES string of the molecule is CC(O)CNC(=O)C(N)Cc1ccccc1. The van der Waals surface area contributed by atoms with Gasteiger partial charge in [0, 0.05) is 6.54 Å². The Morgan fingerprint density at radius 1 is 1.44 bits per heavy atom. The van der Waals surface area contributed by atoms with E-state index in [2.05, 4.69) is 5.32 Å². The van der Waals surface area contributed by atoms with Crippen LogP contribution in [0.1, 0.15) is 12.5 Å². The van der Waals surface area contributed by atoms with Gasteiger partial charge in [0.1, 0.15) is 0 Å². The zero-order valence-electron chi connectivity index (χ0n) is 9.39. The molecule has 0 heterocycles. The molecule has 1 rings (SSSR count). The molecular formula is C12H18N2O2. The molecule has 0 aromatic heterocycles. The van der Waals surface area contributed by atoms with Crippen molar-refractivity contribution in [3.8, 4) is 0 Å². The fraction of sp³-hybridized carbons (Fsp3) is 0.417. The van der Waals surface area contributed by atoms with Crippen LogP contribution in [0.5, 0.6) is 0 Å². The largest absolute Gasteiger partial charge is 0.392 e. The average Bonchev–Trinajstić information content (AvgIpc) is 2.27. The summed E-state index contributed by atoms with van der Waals surface area (Å²) in [5.41, 5.74) is 6.77. The Hall–Kier alpha value is -1.39. The Kier molecular flexibility index (Phi) is 4.95. The molecular weight excluding hydrogens is 204 g/mol. The van der Waals surface area contributed by atoms with Crippen molar-refractivity contribution in [3.63, 3.8) is 0 Å². The van der Waals surface area contributed by atoms with Gasteiger partial charge in [-0.25, -0.2) is 0 Å². The molecule has 1 amide bonds. The van der Waals surface area contributed by atoms with E-state index in [1.807, 2.05) is 30.3 Å². The number of carbonyl (C=O) groups excluding carboxylic acids is 1. The number of amides is 1. The predicted molar refractivity (Wildman–Crippen MR) is 62.8 cm³/mol. The van der Waals surface area contributed by atoms with E-state index in [1.165, 1.54) is 0 Å². The summed E-state index contributed by atoms with van der Waals surface area (Å²) in [6.07, 6.45) is -0.0418. The lowest BCUT2D eigenvalue weighted by molar-refractivity contribution is -0.122. The van der Waals surface area contributed by atoms with Crippen molar-refractivity contribution >= 4 is 5.91 Å². The fourth-order valence-corrected chi connectivity index (χ4v) is 1.34. The minimum atomic E-state index is -0.568. The maximum atomic E-state index is 11.5. The lowest BCUT2D eigenvalue weighted by Crippen LogP contribution is -2.44. The van der Waals surface area contributed by atoms with Crippen LogP contribution in [0.25, 0.3) is 0 Å². The van der Waals surface area contributed by atoms with Crippen molar-refractivity contribution < 1.29 is 9.90 Å². The van der Waals surface area contributed by atoms with Crippen LogP contribution in [0.4, 0.5) is 0 Å². The maximum Gasteiger partial charge on any atom is 0.237 e. The Morgan fingerprint density at radius 2 is 2.06 bits per heavy atom. The zero-order chi connectivity index (χ0) is 12.0. The van der Waals surface area contributed by atoms with E-state index in [9.17, 15) is 4.79 Å². The highest BCUT2D eigenvalue weighted by atomic mass is 16.3. The number of carbonyl (C=O) groups is 1. The molecule has 0 aliphatic carbocycles. The summed E-state index contributed by atoms with van der Waals surface area (Å²) >= 11 is 0. The topological polar surface area (TPSA) is 75.3 Å². The van der Waals surface area contributed by atoms with Gasteiger partial charge >= 0.3 is 0 Å². The van der Waals surface area contributed by atoms with E-state index in [1.54, 1.807) is 6.92 Å². The summed E-state index contributed by atoms with van der Waals surface area (Å²) in [4.78, 5) is 11.5. The van der Waals surface area contributed by atoms with Crippen molar-refractivity contribution in [3.05, 3.63) is 35.9 Å². The molecule has 88 valence electrons. The number of aliphatic hydroxyl groups is 1. The summed E-state index contributed by atoms with van der Waals surface area (Å²) in [5, 5.41) is 11.6. The predicted octanol–water partition coefficient (Wildman–Crippen LogP) is 0.0534. The van der Waals surface area contributed by atoms with Crippen LogP contribution in [0, 0.1) is 0 Å². The molecule has 4 N–H and O–H groups in total. The van der Waals surface area contributed by atoms with Crippen LogP contribution in [0.3, 0.4) is 0 Å². The molecule has 0 radical (unpaired) electrons. The highest BCUT2D eigenvalue weighted by Crippen LogP contribution is 2.01. The second-order valence-electron chi connectivity index (χ2n) is 3.89. The van der Waals surface area contributed by atoms with Crippen molar-refractivity contribution in [1.29, 1.82) is 0 Å². The maximum absolute atomic E-state index is 11.5. The minimum Gasteiger partial charge on any atom is -0.392 e. The second kappa shape index (κ2) is 6.25. The van der Waals surface area contributed by atoms with Crippen LogP contribution in [-0.2, 0) is 11.2 Å². The highest BCUT2D eigenvalue weighted by Gasteiger charge is 2.13. The molecule has 0 aliphatic rings. The van der Waals surface area contributed by atoms with Crippen LogP contribution < -0.4 is 11.1 Å². The van der Waals surface area contributed by atoms with E-state index in [-0.39, 0.29) is 12.5 Å². The van der Waals surface area contributed by atoms with Gasteiger partial charge in [-0.3, -0.25) is 4.79 Å². The Bertz CT molecular complexity index is 325. The van der Waals surface area contributed by atoms with Crippen molar-refractivity contribution in [2.45, 2.75) is 25.5 Å². The molecule has 1 aromatic carbocycles. The third kappa shape index (κ3) is 4.42. The number of hydrogen-bond acceptors (Lipinski definition) is 3. The second-order valence-corrected chi connectivity index (χ2v) is 3.89. The summed E-state index contributed by atoms with van der Waals surface area (Å²) in [5.74, 6) is -0.232. The van der Waals surface area contributed by atoms with E-state index in [0.717, 1.165) is 5.56 Å². The summed E-state index contributed by atoms with van der Waals surface area (Å²) in [6, 6.07) is 9.04. The Balaban J connectivity index is 2.40. The third-order valence-electron chi connectivity index (χ3n) is 2.21. The van der Waals surface area contributed by atoms with E-state index in [0.29, 0.717) is 6.42 Å². The number of nitrogens with one attached hydrogen (secondary N) is 1. The minimum absolute atomic E-state index is 0.232. The quantitative estimate of drug-likeness (QED) is 0.659. The molecule has 4 nitrogen and oxygen atoms in total. The molecule has 2 atom stereocenters. The van der Waals surface area contributed by atoms with Gasteiger partial charge in [0.2, 0.25) is 5.91 Å². The Morgan fingerprint density at radius 3 is 2.62 bits per heavy atom. The summed E-state index contributed by atoms with van der Waals surface area (Å²) in [7, 11) is 0. The monoisotopic (exact) mass is 222 g/mol. The Labute approximate surface area is 95.5 Å². The standard InChI is InChI=1S/C12H18N2O2/c1-9(15)8-14-12(16)11(13)7-10-5-3-2-4-6-10/h2-6,9,11,15H,7-8,13H2,1H3,(H,14,16).